The van der Waals surface area contributed by atoms with Crippen LogP contribution in [0.1, 0.15) is 18.4 Å². The lowest BCUT2D eigenvalue weighted by Crippen LogP contribution is -2.26. The van der Waals surface area contributed by atoms with Gasteiger partial charge < -0.3 is 14.6 Å². The van der Waals surface area contributed by atoms with Crippen LogP contribution < -0.4 is 0 Å². The minimum atomic E-state index is -0.371. The van der Waals surface area contributed by atoms with Crippen LogP contribution in [0.25, 0.3) is 0 Å². The zero-order valence-electron chi connectivity index (χ0n) is 10.8. The summed E-state index contributed by atoms with van der Waals surface area (Å²) in [5.74, 6) is 0.263. The van der Waals surface area contributed by atoms with Gasteiger partial charge in [-0.1, -0.05) is 30.3 Å². The van der Waals surface area contributed by atoms with Gasteiger partial charge in [0.05, 0.1) is 19.3 Å². The van der Waals surface area contributed by atoms with E-state index in [0.29, 0.717) is 19.8 Å². The number of rotatable bonds is 7. The monoisotopic (exact) mass is 250 g/mol. The van der Waals surface area contributed by atoms with Gasteiger partial charge in [-0.25, -0.2) is 0 Å². The van der Waals surface area contributed by atoms with E-state index in [4.69, 9.17) is 9.47 Å². The molecule has 2 unspecified atom stereocenters. The Bertz CT molecular complexity index is 320. The first-order valence-electron chi connectivity index (χ1n) is 6.74. The maximum atomic E-state index is 9.86. The summed E-state index contributed by atoms with van der Waals surface area (Å²) in [6, 6.07) is 10.4. The van der Waals surface area contributed by atoms with Gasteiger partial charge in [-0.2, -0.15) is 0 Å². The van der Waals surface area contributed by atoms with Crippen LogP contribution in [0.2, 0.25) is 0 Å². The van der Waals surface area contributed by atoms with Gasteiger partial charge >= 0.3 is 0 Å². The quantitative estimate of drug-likeness (QED) is 0.753. The van der Waals surface area contributed by atoms with Crippen molar-refractivity contribution in [3.63, 3.8) is 0 Å². The van der Waals surface area contributed by atoms with Crippen molar-refractivity contribution in [1.82, 2.24) is 0 Å². The summed E-state index contributed by atoms with van der Waals surface area (Å²) >= 11 is 0. The highest BCUT2D eigenvalue weighted by Crippen LogP contribution is 2.16. The Morgan fingerprint density at radius 3 is 2.89 bits per heavy atom. The molecule has 1 aliphatic heterocycles. The summed E-state index contributed by atoms with van der Waals surface area (Å²) in [6.45, 7) is 2.59. The molecule has 1 saturated heterocycles. The maximum Gasteiger partial charge on any atom is 0.0824 e. The van der Waals surface area contributed by atoms with Crippen molar-refractivity contribution < 1.29 is 14.6 Å². The average molecular weight is 250 g/mol. The van der Waals surface area contributed by atoms with Gasteiger partial charge in [0.15, 0.2) is 0 Å². The summed E-state index contributed by atoms with van der Waals surface area (Å²) in [4.78, 5) is 0. The van der Waals surface area contributed by atoms with Crippen LogP contribution in [0, 0.1) is 5.92 Å². The number of hydrogen-bond acceptors (Lipinski definition) is 3. The first-order chi connectivity index (χ1) is 8.86. The normalized spacial score (nSPS) is 21.1. The van der Waals surface area contributed by atoms with Crippen LogP contribution in [-0.4, -0.2) is 37.6 Å². The second-order valence-electron chi connectivity index (χ2n) is 4.86. The number of ether oxygens (including phenoxy) is 2. The number of hydrogen-bond donors (Lipinski definition) is 1. The average Bonchev–Trinajstić information content (AvgIpc) is 2.93. The van der Waals surface area contributed by atoms with E-state index in [1.807, 2.05) is 6.07 Å². The molecule has 0 aliphatic carbocycles. The summed E-state index contributed by atoms with van der Waals surface area (Å²) in [5.41, 5.74) is 1.34. The summed E-state index contributed by atoms with van der Waals surface area (Å²) < 4.78 is 10.8. The SMILES string of the molecule is OC(COCCCc1ccccc1)C1CCOC1. The molecule has 1 N–H and O–H groups in total. The van der Waals surface area contributed by atoms with E-state index in [1.54, 1.807) is 0 Å². The summed E-state index contributed by atoms with van der Waals surface area (Å²) in [7, 11) is 0. The summed E-state index contributed by atoms with van der Waals surface area (Å²) in [5, 5.41) is 9.86. The lowest BCUT2D eigenvalue weighted by Gasteiger charge is -2.16. The predicted octanol–water partition coefficient (Wildman–Crippen LogP) is 2.03. The van der Waals surface area contributed by atoms with Gasteiger partial charge in [0, 0.05) is 19.1 Å². The molecular formula is C15H22O3. The highest BCUT2D eigenvalue weighted by atomic mass is 16.5. The van der Waals surface area contributed by atoms with Crippen molar-refractivity contribution in [2.24, 2.45) is 5.92 Å². The minimum Gasteiger partial charge on any atom is -0.390 e. The van der Waals surface area contributed by atoms with Crippen LogP contribution in [-0.2, 0) is 15.9 Å². The van der Waals surface area contributed by atoms with E-state index in [9.17, 15) is 5.11 Å². The van der Waals surface area contributed by atoms with E-state index in [0.717, 1.165) is 25.9 Å². The number of aliphatic hydroxyl groups is 1. The lowest BCUT2D eigenvalue weighted by molar-refractivity contribution is 0.00162. The molecule has 2 atom stereocenters. The molecule has 1 heterocycles. The van der Waals surface area contributed by atoms with E-state index in [-0.39, 0.29) is 12.0 Å². The fraction of sp³-hybridized carbons (Fsp3) is 0.600. The van der Waals surface area contributed by atoms with Crippen molar-refractivity contribution in [3.05, 3.63) is 35.9 Å². The number of aliphatic hydroxyl groups excluding tert-OH is 1. The van der Waals surface area contributed by atoms with Gasteiger partial charge in [-0.15, -0.1) is 0 Å². The highest BCUT2D eigenvalue weighted by Gasteiger charge is 2.23. The van der Waals surface area contributed by atoms with Crippen LogP contribution in [0.5, 0.6) is 0 Å². The first kappa shape index (κ1) is 13.5. The van der Waals surface area contributed by atoms with Gasteiger partial charge in [0.25, 0.3) is 0 Å². The van der Waals surface area contributed by atoms with Gasteiger partial charge in [0.1, 0.15) is 0 Å². The van der Waals surface area contributed by atoms with E-state index in [2.05, 4.69) is 24.3 Å². The zero-order chi connectivity index (χ0) is 12.6. The first-order valence-corrected chi connectivity index (χ1v) is 6.74. The molecule has 0 saturated carbocycles. The fourth-order valence-corrected chi connectivity index (χ4v) is 2.22. The van der Waals surface area contributed by atoms with Gasteiger partial charge in [-0.05, 0) is 24.8 Å². The molecule has 3 heteroatoms. The Kier molecular flexibility index (Phi) is 5.65. The molecule has 18 heavy (non-hydrogen) atoms. The molecule has 0 aromatic heterocycles. The zero-order valence-corrected chi connectivity index (χ0v) is 10.8. The Morgan fingerprint density at radius 1 is 1.33 bits per heavy atom. The Labute approximate surface area is 109 Å². The molecule has 3 nitrogen and oxygen atoms in total. The van der Waals surface area contributed by atoms with Crippen LogP contribution >= 0.6 is 0 Å². The second-order valence-corrected chi connectivity index (χ2v) is 4.86. The minimum absolute atomic E-state index is 0.263. The predicted molar refractivity (Wildman–Crippen MR) is 70.5 cm³/mol. The van der Waals surface area contributed by atoms with E-state index >= 15 is 0 Å². The molecule has 1 aliphatic rings. The highest BCUT2D eigenvalue weighted by molar-refractivity contribution is 5.14. The molecule has 1 aromatic rings. The fourth-order valence-electron chi connectivity index (χ4n) is 2.22. The van der Waals surface area contributed by atoms with E-state index < -0.39 is 0 Å². The molecule has 0 radical (unpaired) electrons. The Balaban J connectivity index is 1.53. The molecule has 100 valence electrons. The van der Waals surface area contributed by atoms with Gasteiger partial charge in [-0.3, -0.25) is 0 Å². The van der Waals surface area contributed by atoms with Crippen molar-refractivity contribution in [1.29, 1.82) is 0 Å². The molecule has 1 fully saturated rings. The van der Waals surface area contributed by atoms with Gasteiger partial charge in [0.2, 0.25) is 0 Å². The van der Waals surface area contributed by atoms with Crippen molar-refractivity contribution in [2.45, 2.75) is 25.4 Å². The lowest BCUT2D eigenvalue weighted by atomic mass is 10.0. The topological polar surface area (TPSA) is 38.7 Å². The van der Waals surface area contributed by atoms with Crippen molar-refractivity contribution in [3.8, 4) is 0 Å². The molecule has 0 bridgehead atoms. The second kappa shape index (κ2) is 7.52. The molecule has 0 amide bonds. The van der Waals surface area contributed by atoms with Crippen LogP contribution in [0.4, 0.5) is 0 Å². The molecular weight excluding hydrogens is 228 g/mol. The molecule has 0 spiro atoms. The third kappa shape index (κ3) is 4.41. The van der Waals surface area contributed by atoms with Crippen molar-refractivity contribution >= 4 is 0 Å². The third-order valence-corrected chi connectivity index (χ3v) is 3.39. The Hall–Kier alpha value is -0.900. The molecule has 1 aromatic carbocycles. The van der Waals surface area contributed by atoms with Crippen LogP contribution in [0.3, 0.4) is 0 Å². The largest absolute Gasteiger partial charge is 0.390 e. The number of aryl methyl sites for hydroxylation is 1. The molecule has 2 rings (SSSR count). The maximum absolute atomic E-state index is 9.86. The van der Waals surface area contributed by atoms with Crippen LogP contribution in [0.15, 0.2) is 30.3 Å². The van der Waals surface area contributed by atoms with E-state index in [1.165, 1.54) is 5.56 Å². The Morgan fingerprint density at radius 2 is 2.17 bits per heavy atom. The number of benzene rings is 1. The smallest absolute Gasteiger partial charge is 0.0824 e. The third-order valence-electron chi connectivity index (χ3n) is 3.39. The standard InChI is InChI=1S/C15H22O3/c16-15(14-8-10-18-11-14)12-17-9-4-7-13-5-2-1-3-6-13/h1-3,5-6,14-16H,4,7-12H2. The summed E-state index contributed by atoms with van der Waals surface area (Å²) in [6.07, 6.45) is 2.61. The van der Waals surface area contributed by atoms with Crippen molar-refractivity contribution in [2.75, 3.05) is 26.4 Å².